The summed E-state index contributed by atoms with van der Waals surface area (Å²) in [7, 11) is 0. The Morgan fingerprint density at radius 2 is 2.20 bits per heavy atom. The molecule has 1 aromatic carbocycles. The van der Waals surface area contributed by atoms with Crippen molar-refractivity contribution < 1.29 is 9.50 Å². The lowest BCUT2D eigenvalue weighted by Gasteiger charge is -2.25. The van der Waals surface area contributed by atoms with Gasteiger partial charge in [-0.25, -0.2) is 4.39 Å². The zero-order chi connectivity index (χ0) is 11.5. The molecular formula is C11H15BrFNO. The van der Waals surface area contributed by atoms with Gasteiger partial charge in [0.25, 0.3) is 0 Å². The predicted molar refractivity (Wildman–Crippen MR) is 62.1 cm³/mol. The Labute approximate surface area is 97.4 Å². The van der Waals surface area contributed by atoms with Crippen LogP contribution in [0.5, 0.6) is 0 Å². The van der Waals surface area contributed by atoms with Gasteiger partial charge in [-0.15, -0.1) is 0 Å². The molecule has 0 bridgehead atoms. The maximum Gasteiger partial charge on any atom is 0.127 e. The normalized spacial score (nSPS) is 15.0. The molecule has 0 saturated heterocycles. The Balaban J connectivity index is 2.89. The van der Waals surface area contributed by atoms with Gasteiger partial charge in [0.15, 0.2) is 0 Å². The van der Waals surface area contributed by atoms with Gasteiger partial charge in [-0.05, 0) is 24.1 Å². The van der Waals surface area contributed by atoms with Gasteiger partial charge in [0.1, 0.15) is 5.82 Å². The van der Waals surface area contributed by atoms with Crippen molar-refractivity contribution in [1.29, 1.82) is 0 Å². The molecule has 2 nitrogen and oxygen atoms in total. The highest BCUT2D eigenvalue weighted by atomic mass is 79.9. The molecule has 0 spiro atoms. The highest BCUT2D eigenvalue weighted by molar-refractivity contribution is 9.10. The molecular weight excluding hydrogens is 261 g/mol. The maximum atomic E-state index is 13.5. The zero-order valence-electron chi connectivity index (χ0n) is 8.63. The Morgan fingerprint density at radius 3 is 2.67 bits per heavy atom. The van der Waals surface area contributed by atoms with Crippen LogP contribution in [0.15, 0.2) is 22.7 Å². The van der Waals surface area contributed by atoms with Gasteiger partial charge in [-0.3, -0.25) is 0 Å². The first-order valence-electron chi connectivity index (χ1n) is 4.87. The number of rotatable bonds is 4. The van der Waals surface area contributed by atoms with Crippen molar-refractivity contribution in [2.24, 2.45) is 5.73 Å². The fourth-order valence-corrected chi connectivity index (χ4v) is 1.69. The van der Waals surface area contributed by atoms with Crippen LogP contribution >= 0.6 is 15.9 Å². The Hall–Kier alpha value is -0.450. The number of halogens is 2. The molecule has 0 heterocycles. The van der Waals surface area contributed by atoms with E-state index >= 15 is 0 Å². The third-order valence-corrected chi connectivity index (χ3v) is 3.07. The second-order valence-electron chi connectivity index (χ2n) is 3.69. The van der Waals surface area contributed by atoms with Crippen LogP contribution in [0.4, 0.5) is 4.39 Å². The van der Waals surface area contributed by atoms with Crippen molar-refractivity contribution in [3.63, 3.8) is 0 Å². The minimum absolute atomic E-state index is 0.138. The molecule has 0 saturated carbocycles. The average Bonchev–Trinajstić information content (AvgIpc) is 2.22. The molecule has 3 N–H and O–H groups in total. The smallest absolute Gasteiger partial charge is 0.127 e. The Bertz CT molecular complexity index is 339. The summed E-state index contributed by atoms with van der Waals surface area (Å²) in [5.74, 6) is -0.315. The predicted octanol–water partition coefficient (Wildman–Crippen LogP) is 2.23. The van der Waals surface area contributed by atoms with Crippen LogP contribution in [0.1, 0.15) is 18.9 Å². The lowest BCUT2D eigenvalue weighted by atomic mass is 9.92. The molecule has 1 aromatic rings. The van der Waals surface area contributed by atoms with Gasteiger partial charge in [0.05, 0.1) is 5.60 Å². The molecule has 0 aliphatic carbocycles. The fourth-order valence-electron chi connectivity index (χ4n) is 1.36. The van der Waals surface area contributed by atoms with Gasteiger partial charge in [0.2, 0.25) is 0 Å². The first-order chi connectivity index (χ1) is 7.00. The first-order valence-corrected chi connectivity index (χ1v) is 5.66. The van der Waals surface area contributed by atoms with E-state index in [0.717, 1.165) is 0 Å². The van der Waals surface area contributed by atoms with E-state index in [2.05, 4.69) is 15.9 Å². The molecule has 1 unspecified atom stereocenters. The van der Waals surface area contributed by atoms with E-state index < -0.39 is 5.60 Å². The molecule has 1 rings (SSSR count). The van der Waals surface area contributed by atoms with Crippen molar-refractivity contribution in [1.82, 2.24) is 0 Å². The number of hydrogen-bond donors (Lipinski definition) is 2. The third-order valence-electron chi connectivity index (χ3n) is 2.57. The van der Waals surface area contributed by atoms with Crippen LogP contribution in [0.25, 0.3) is 0 Å². The van der Waals surface area contributed by atoms with Crippen LogP contribution in [-0.4, -0.2) is 17.3 Å². The number of hydrogen-bond acceptors (Lipinski definition) is 2. The highest BCUT2D eigenvalue weighted by Crippen LogP contribution is 2.21. The van der Waals surface area contributed by atoms with E-state index in [1.807, 2.05) is 6.92 Å². The van der Waals surface area contributed by atoms with E-state index in [0.29, 0.717) is 16.5 Å². The number of benzene rings is 1. The van der Waals surface area contributed by atoms with E-state index in [-0.39, 0.29) is 18.8 Å². The molecule has 15 heavy (non-hydrogen) atoms. The minimum Gasteiger partial charge on any atom is -0.388 e. The molecule has 4 heteroatoms. The SMILES string of the molecule is CCC(O)(CN)Cc1ccc(Br)cc1F. The largest absolute Gasteiger partial charge is 0.388 e. The lowest BCUT2D eigenvalue weighted by Crippen LogP contribution is -2.39. The van der Waals surface area contributed by atoms with Crippen molar-refractivity contribution >= 4 is 15.9 Å². The Kier molecular flexibility index (Phi) is 4.25. The van der Waals surface area contributed by atoms with E-state index in [9.17, 15) is 9.50 Å². The molecule has 1 atom stereocenters. The van der Waals surface area contributed by atoms with Crippen molar-refractivity contribution in [2.45, 2.75) is 25.4 Å². The molecule has 0 aliphatic rings. The monoisotopic (exact) mass is 275 g/mol. The van der Waals surface area contributed by atoms with Crippen molar-refractivity contribution in [2.75, 3.05) is 6.54 Å². The Morgan fingerprint density at radius 1 is 1.53 bits per heavy atom. The quantitative estimate of drug-likeness (QED) is 0.885. The minimum atomic E-state index is -1.01. The molecule has 0 radical (unpaired) electrons. The molecule has 0 aromatic heterocycles. The van der Waals surface area contributed by atoms with E-state index in [4.69, 9.17) is 5.73 Å². The summed E-state index contributed by atoms with van der Waals surface area (Å²) in [5.41, 5.74) is 4.95. The zero-order valence-corrected chi connectivity index (χ0v) is 10.2. The summed E-state index contributed by atoms with van der Waals surface area (Å²) in [6.07, 6.45) is 0.762. The van der Waals surface area contributed by atoms with Crippen LogP contribution in [-0.2, 0) is 6.42 Å². The van der Waals surface area contributed by atoms with E-state index in [1.54, 1.807) is 12.1 Å². The highest BCUT2D eigenvalue weighted by Gasteiger charge is 2.24. The summed E-state index contributed by atoms with van der Waals surface area (Å²) in [5, 5.41) is 9.97. The first kappa shape index (κ1) is 12.6. The number of aliphatic hydroxyl groups is 1. The molecule has 84 valence electrons. The molecule has 0 fully saturated rings. The van der Waals surface area contributed by atoms with Crippen molar-refractivity contribution in [3.05, 3.63) is 34.1 Å². The summed E-state index contributed by atoms with van der Waals surface area (Å²) in [6, 6.07) is 4.81. The van der Waals surface area contributed by atoms with Gasteiger partial charge < -0.3 is 10.8 Å². The van der Waals surface area contributed by atoms with Crippen molar-refractivity contribution in [3.8, 4) is 0 Å². The summed E-state index contributed by atoms with van der Waals surface area (Å²) in [6.45, 7) is 1.97. The van der Waals surface area contributed by atoms with E-state index in [1.165, 1.54) is 6.07 Å². The standard InChI is InChI=1S/C11H15BrFNO/c1-2-11(15,7-14)6-8-3-4-9(12)5-10(8)13/h3-5,15H,2,6-7,14H2,1H3. The van der Waals surface area contributed by atoms with Gasteiger partial charge in [-0.1, -0.05) is 28.9 Å². The average molecular weight is 276 g/mol. The van der Waals surface area contributed by atoms with Gasteiger partial charge in [-0.2, -0.15) is 0 Å². The van der Waals surface area contributed by atoms with Crippen LogP contribution in [0.3, 0.4) is 0 Å². The lowest BCUT2D eigenvalue weighted by molar-refractivity contribution is 0.0448. The second kappa shape index (κ2) is 5.05. The summed E-state index contributed by atoms with van der Waals surface area (Å²) >= 11 is 3.18. The van der Waals surface area contributed by atoms with Crippen LogP contribution in [0.2, 0.25) is 0 Å². The summed E-state index contributed by atoms with van der Waals surface area (Å²) in [4.78, 5) is 0. The topological polar surface area (TPSA) is 46.2 Å². The van der Waals surface area contributed by atoms with Crippen LogP contribution in [0, 0.1) is 5.82 Å². The molecule has 0 aliphatic heterocycles. The number of nitrogens with two attached hydrogens (primary N) is 1. The second-order valence-corrected chi connectivity index (χ2v) is 4.61. The van der Waals surface area contributed by atoms with Crippen LogP contribution < -0.4 is 5.73 Å². The summed E-state index contributed by atoms with van der Waals surface area (Å²) < 4.78 is 14.2. The fraction of sp³-hybridized carbons (Fsp3) is 0.455. The third kappa shape index (κ3) is 3.26. The van der Waals surface area contributed by atoms with Gasteiger partial charge in [0, 0.05) is 17.4 Å². The maximum absolute atomic E-state index is 13.5. The van der Waals surface area contributed by atoms with Gasteiger partial charge >= 0.3 is 0 Å². The molecule has 0 amide bonds.